The molecule has 1 unspecified atom stereocenters. The molecule has 152 valence electrons. The molecular weight excluding hydrogens is 384 g/mol. The minimum absolute atomic E-state index is 0.403. The molecule has 3 heterocycles. The van der Waals surface area contributed by atoms with Crippen LogP contribution in [0.4, 0.5) is 5.95 Å². The summed E-state index contributed by atoms with van der Waals surface area (Å²) in [4.78, 5) is 15.2. The van der Waals surface area contributed by atoms with Crippen molar-refractivity contribution in [3.05, 3.63) is 41.7 Å². The average Bonchev–Trinajstić information content (AvgIpc) is 3.20. The van der Waals surface area contributed by atoms with Gasteiger partial charge in [-0.25, -0.2) is 9.97 Å². The summed E-state index contributed by atoms with van der Waals surface area (Å²) >= 11 is 6.48. The molecule has 1 saturated carbocycles. The molecule has 2 atom stereocenters. The Labute approximate surface area is 176 Å². The lowest BCUT2D eigenvalue weighted by Crippen LogP contribution is -2.50. The number of nitrogens with one attached hydrogen (secondary N) is 3. The van der Waals surface area contributed by atoms with Gasteiger partial charge in [-0.15, -0.1) is 0 Å². The predicted octanol–water partition coefficient (Wildman–Crippen LogP) is 3.91. The van der Waals surface area contributed by atoms with E-state index >= 15 is 0 Å². The van der Waals surface area contributed by atoms with Gasteiger partial charge >= 0.3 is 0 Å². The summed E-state index contributed by atoms with van der Waals surface area (Å²) in [6, 6.07) is 9.27. The molecule has 0 bridgehead atoms. The second kappa shape index (κ2) is 8.30. The summed E-state index contributed by atoms with van der Waals surface area (Å²) in [6.45, 7) is 4.50. The maximum absolute atomic E-state index is 6.48. The van der Waals surface area contributed by atoms with E-state index < -0.39 is 0 Å². The summed E-state index contributed by atoms with van der Waals surface area (Å²) in [5, 5.41) is 8.74. The number of rotatable bonds is 4. The maximum atomic E-state index is 6.48. The first kappa shape index (κ1) is 18.9. The van der Waals surface area contributed by atoms with Gasteiger partial charge < -0.3 is 15.6 Å². The van der Waals surface area contributed by atoms with E-state index in [-0.39, 0.29) is 0 Å². The van der Waals surface area contributed by atoms with E-state index in [4.69, 9.17) is 16.6 Å². The van der Waals surface area contributed by atoms with E-state index in [9.17, 15) is 0 Å². The standard InChI is InChI=1S/C22H27ClN6/c23-19-14-26-22(28-21(19)18-13-25-20-7-2-1-6-17(18)20)27-15-4-3-5-16(12-15)29-10-8-24-9-11-29/h1-2,6-7,13-16,24-25H,3-5,8-12H2,(H,26,27,28)/t15-,16?/m1/s1. The van der Waals surface area contributed by atoms with E-state index in [2.05, 4.69) is 37.6 Å². The number of aromatic nitrogens is 3. The summed E-state index contributed by atoms with van der Waals surface area (Å²) in [7, 11) is 0. The van der Waals surface area contributed by atoms with Crippen LogP contribution >= 0.6 is 11.6 Å². The van der Waals surface area contributed by atoms with Crippen molar-refractivity contribution in [2.45, 2.75) is 37.8 Å². The second-order valence-electron chi connectivity index (χ2n) is 8.09. The third-order valence-corrected chi connectivity index (χ3v) is 6.51. The molecule has 2 aliphatic rings. The highest BCUT2D eigenvalue weighted by Gasteiger charge is 2.28. The molecule has 1 aromatic carbocycles. The highest BCUT2D eigenvalue weighted by molar-refractivity contribution is 6.33. The Morgan fingerprint density at radius 1 is 1.14 bits per heavy atom. The molecule has 0 radical (unpaired) electrons. The van der Waals surface area contributed by atoms with Crippen LogP contribution in [-0.2, 0) is 0 Å². The van der Waals surface area contributed by atoms with Crippen molar-refractivity contribution in [1.29, 1.82) is 0 Å². The van der Waals surface area contributed by atoms with Crippen LogP contribution in [0.15, 0.2) is 36.7 Å². The molecule has 1 saturated heterocycles. The molecule has 0 amide bonds. The fourth-order valence-corrected chi connectivity index (χ4v) is 4.94. The topological polar surface area (TPSA) is 68.9 Å². The number of benzene rings is 1. The number of halogens is 1. The van der Waals surface area contributed by atoms with Crippen LogP contribution in [0.2, 0.25) is 5.02 Å². The zero-order valence-electron chi connectivity index (χ0n) is 16.5. The zero-order valence-corrected chi connectivity index (χ0v) is 17.3. The van der Waals surface area contributed by atoms with Gasteiger partial charge in [0.1, 0.15) is 0 Å². The number of hydrogen-bond acceptors (Lipinski definition) is 5. The number of piperazine rings is 1. The first-order valence-corrected chi connectivity index (χ1v) is 11.0. The largest absolute Gasteiger partial charge is 0.360 e. The van der Waals surface area contributed by atoms with Crippen molar-refractivity contribution in [2.24, 2.45) is 0 Å². The Bertz CT molecular complexity index is 980. The van der Waals surface area contributed by atoms with Gasteiger partial charge in [-0.2, -0.15) is 0 Å². The van der Waals surface area contributed by atoms with Crippen molar-refractivity contribution in [2.75, 3.05) is 31.5 Å². The number of nitrogens with zero attached hydrogens (tertiary/aromatic N) is 3. The monoisotopic (exact) mass is 410 g/mol. The molecule has 6 nitrogen and oxygen atoms in total. The maximum Gasteiger partial charge on any atom is 0.223 e. The number of anilines is 1. The van der Waals surface area contributed by atoms with Crippen molar-refractivity contribution in [3.63, 3.8) is 0 Å². The van der Waals surface area contributed by atoms with E-state index in [1.807, 2.05) is 18.3 Å². The number of hydrogen-bond donors (Lipinski definition) is 3. The van der Waals surface area contributed by atoms with Crippen molar-refractivity contribution >= 4 is 28.5 Å². The number of fused-ring (bicyclic) bond motifs is 1. The first-order valence-electron chi connectivity index (χ1n) is 10.6. The van der Waals surface area contributed by atoms with Crippen molar-refractivity contribution in [1.82, 2.24) is 25.2 Å². The van der Waals surface area contributed by atoms with Crippen LogP contribution < -0.4 is 10.6 Å². The average molecular weight is 411 g/mol. The third-order valence-electron chi connectivity index (χ3n) is 6.24. The molecule has 2 aromatic heterocycles. The van der Waals surface area contributed by atoms with Gasteiger partial charge in [0, 0.05) is 60.9 Å². The van der Waals surface area contributed by atoms with Gasteiger partial charge in [0.25, 0.3) is 0 Å². The molecule has 29 heavy (non-hydrogen) atoms. The Morgan fingerprint density at radius 2 is 2.00 bits per heavy atom. The summed E-state index contributed by atoms with van der Waals surface area (Å²) in [5.74, 6) is 0.667. The molecule has 5 rings (SSSR count). The van der Waals surface area contributed by atoms with Gasteiger partial charge in [0.05, 0.1) is 16.9 Å². The Hall–Kier alpha value is -2.15. The summed E-state index contributed by atoms with van der Waals surface area (Å²) in [5.41, 5.74) is 2.87. The molecule has 1 aliphatic carbocycles. The number of H-pyrrole nitrogens is 1. The number of para-hydroxylation sites is 1. The van der Waals surface area contributed by atoms with E-state index in [0.29, 0.717) is 23.1 Å². The first-order chi connectivity index (χ1) is 14.3. The highest BCUT2D eigenvalue weighted by Crippen LogP contribution is 2.33. The van der Waals surface area contributed by atoms with Gasteiger partial charge in [-0.05, 0) is 31.7 Å². The van der Waals surface area contributed by atoms with Crippen molar-refractivity contribution < 1.29 is 0 Å². The lowest BCUT2D eigenvalue weighted by atomic mass is 9.89. The summed E-state index contributed by atoms with van der Waals surface area (Å²) in [6.07, 6.45) is 8.54. The van der Waals surface area contributed by atoms with Gasteiger partial charge in [-0.3, -0.25) is 4.90 Å². The normalized spacial score (nSPS) is 23.3. The van der Waals surface area contributed by atoms with Crippen LogP contribution in [0.5, 0.6) is 0 Å². The third kappa shape index (κ3) is 3.97. The van der Waals surface area contributed by atoms with Crippen LogP contribution in [0.1, 0.15) is 25.7 Å². The van der Waals surface area contributed by atoms with Gasteiger partial charge in [0.2, 0.25) is 5.95 Å². The molecule has 3 N–H and O–H groups in total. The summed E-state index contributed by atoms with van der Waals surface area (Å²) < 4.78 is 0. The van der Waals surface area contributed by atoms with Crippen molar-refractivity contribution in [3.8, 4) is 11.3 Å². The Morgan fingerprint density at radius 3 is 2.90 bits per heavy atom. The Kier molecular flexibility index (Phi) is 5.40. The van der Waals surface area contributed by atoms with Gasteiger partial charge in [0.15, 0.2) is 0 Å². The molecule has 0 spiro atoms. The second-order valence-corrected chi connectivity index (χ2v) is 8.49. The van der Waals surface area contributed by atoms with Crippen LogP contribution in [0.25, 0.3) is 22.2 Å². The fourth-order valence-electron chi connectivity index (χ4n) is 4.75. The van der Waals surface area contributed by atoms with Crippen LogP contribution in [0.3, 0.4) is 0 Å². The number of aromatic amines is 1. The molecule has 7 heteroatoms. The van der Waals surface area contributed by atoms with Crippen LogP contribution in [-0.4, -0.2) is 58.1 Å². The van der Waals surface area contributed by atoms with E-state index in [1.165, 1.54) is 12.8 Å². The molecule has 2 fully saturated rings. The van der Waals surface area contributed by atoms with Crippen LogP contribution in [0, 0.1) is 0 Å². The molecule has 1 aliphatic heterocycles. The van der Waals surface area contributed by atoms with E-state index in [1.54, 1.807) is 6.20 Å². The quantitative estimate of drug-likeness (QED) is 0.608. The Balaban J connectivity index is 1.35. The van der Waals surface area contributed by atoms with Gasteiger partial charge in [-0.1, -0.05) is 29.8 Å². The highest BCUT2D eigenvalue weighted by atomic mass is 35.5. The lowest BCUT2D eigenvalue weighted by molar-refractivity contribution is 0.134. The zero-order chi connectivity index (χ0) is 19.6. The smallest absolute Gasteiger partial charge is 0.223 e. The predicted molar refractivity (Wildman–Crippen MR) is 118 cm³/mol. The SMILES string of the molecule is Clc1cnc(N[C@@H]2CCCC(N3CCNCC3)C2)nc1-c1c[nH]c2ccccc12. The lowest BCUT2D eigenvalue weighted by Gasteiger charge is -2.39. The molecular formula is C22H27ClN6. The minimum Gasteiger partial charge on any atom is -0.360 e. The minimum atomic E-state index is 0.403. The fraction of sp³-hybridized carbons (Fsp3) is 0.455. The van der Waals surface area contributed by atoms with E-state index in [0.717, 1.165) is 61.2 Å². The molecule has 3 aromatic rings.